The zero-order chi connectivity index (χ0) is 13.4. The number of carbonyl (C=O) groups excluding carboxylic acids is 1. The van der Waals surface area contributed by atoms with E-state index >= 15 is 0 Å². The molecule has 0 saturated carbocycles. The van der Waals surface area contributed by atoms with Crippen LogP contribution in [0, 0.1) is 5.92 Å². The number of anilines is 1. The number of nitrogens with zero attached hydrogens (tertiary/aromatic N) is 2. The van der Waals surface area contributed by atoms with Gasteiger partial charge in [-0.05, 0) is 18.8 Å². The van der Waals surface area contributed by atoms with Crippen LogP contribution in [0.25, 0.3) is 0 Å². The quantitative estimate of drug-likeness (QED) is 0.687. The maximum atomic E-state index is 11.6. The topological polar surface area (TPSA) is 79.2 Å². The van der Waals surface area contributed by atoms with Crippen LogP contribution >= 0.6 is 0 Å². The highest BCUT2D eigenvalue weighted by Gasteiger charge is 2.09. The van der Waals surface area contributed by atoms with Crippen LogP contribution in [0.4, 0.5) is 10.5 Å². The Morgan fingerprint density at radius 2 is 2.33 bits per heavy atom. The fourth-order valence-corrected chi connectivity index (χ4v) is 1.84. The number of hydrogen-bond donors (Lipinski definition) is 3. The molecule has 0 aliphatic rings. The molecule has 0 aromatic carbocycles. The Morgan fingerprint density at radius 3 is 2.89 bits per heavy atom. The molecule has 0 bridgehead atoms. The first-order chi connectivity index (χ1) is 8.65. The third kappa shape index (κ3) is 5.18. The molecular weight excluding hydrogens is 232 g/mol. The summed E-state index contributed by atoms with van der Waals surface area (Å²) < 4.78 is 1.63. The van der Waals surface area contributed by atoms with Crippen molar-refractivity contribution in [1.82, 2.24) is 15.1 Å². The third-order valence-electron chi connectivity index (χ3n) is 2.75. The van der Waals surface area contributed by atoms with Crippen LogP contribution in [0.5, 0.6) is 0 Å². The largest absolute Gasteiger partial charge is 0.396 e. The van der Waals surface area contributed by atoms with Crippen LogP contribution in [-0.4, -0.2) is 34.1 Å². The van der Waals surface area contributed by atoms with E-state index in [-0.39, 0.29) is 12.6 Å². The Labute approximate surface area is 107 Å². The summed E-state index contributed by atoms with van der Waals surface area (Å²) >= 11 is 0. The van der Waals surface area contributed by atoms with E-state index in [0.29, 0.717) is 18.2 Å². The highest BCUT2D eigenvalue weighted by molar-refractivity contribution is 5.88. The van der Waals surface area contributed by atoms with Gasteiger partial charge in [0.05, 0.1) is 11.9 Å². The number of nitrogens with one attached hydrogen (secondary N) is 2. The molecule has 1 aromatic heterocycles. The number of rotatable bonds is 7. The number of urea groups is 1. The van der Waals surface area contributed by atoms with Crippen molar-refractivity contribution in [2.24, 2.45) is 13.0 Å². The minimum atomic E-state index is -0.234. The van der Waals surface area contributed by atoms with Crippen molar-refractivity contribution in [1.29, 1.82) is 0 Å². The minimum absolute atomic E-state index is 0.163. The van der Waals surface area contributed by atoms with Gasteiger partial charge < -0.3 is 15.7 Å². The highest BCUT2D eigenvalue weighted by atomic mass is 16.3. The molecule has 1 heterocycles. The molecule has 0 radical (unpaired) electrons. The molecule has 1 unspecified atom stereocenters. The normalized spacial score (nSPS) is 12.2. The number of carbonyl (C=O) groups is 1. The zero-order valence-electron chi connectivity index (χ0n) is 11.0. The molecule has 1 atom stereocenters. The van der Waals surface area contributed by atoms with Crippen molar-refractivity contribution in [3.05, 3.63) is 12.4 Å². The van der Waals surface area contributed by atoms with Crippen LogP contribution in [0.2, 0.25) is 0 Å². The van der Waals surface area contributed by atoms with Crippen molar-refractivity contribution in [3.63, 3.8) is 0 Å². The monoisotopic (exact) mass is 254 g/mol. The first-order valence-electron chi connectivity index (χ1n) is 6.30. The highest BCUT2D eigenvalue weighted by Crippen LogP contribution is 2.09. The first-order valence-corrected chi connectivity index (χ1v) is 6.30. The van der Waals surface area contributed by atoms with Crippen molar-refractivity contribution >= 4 is 11.7 Å². The smallest absolute Gasteiger partial charge is 0.319 e. The summed E-state index contributed by atoms with van der Waals surface area (Å²) in [6.07, 6.45) is 6.11. The van der Waals surface area contributed by atoms with Crippen LogP contribution in [0.3, 0.4) is 0 Å². The van der Waals surface area contributed by atoms with E-state index in [1.807, 2.05) is 0 Å². The molecule has 6 nitrogen and oxygen atoms in total. The van der Waals surface area contributed by atoms with Gasteiger partial charge >= 0.3 is 6.03 Å². The number of aromatic nitrogens is 2. The number of hydrogen-bond acceptors (Lipinski definition) is 3. The van der Waals surface area contributed by atoms with Gasteiger partial charge in [0.1, 0.15) is 0 Å². The molecule has 0 saturated heterocycles. The van der Waals surface area contributed by atoms with Crippen molar-refractivity contribution < 1.29 is 9.90 Å². The summed E-state index contributed by atoms with van der Waals surface area (Å²) in [5.74, 6) is 0.333. The molecule has 0 spiro atoms. The van der Waals surface area contributed by atoms with Gasteiger partial charge in [-0.15, -0.1) is 0 Å². The van der Waals surface area contributed by atoms with Gasteiger partial charge in [0.25, 0.3) is 0 Å². The van der Waals surface area contributed by atoms with Crippen molar-refractivity contribution in [2.75, 3.05) is 18.5 Å². The summed E-state index contributed by atoms with van der Waals surface area (Å²) in [4.78, 5) is 11.6. The zero-order valence-corrected chi connectivity index (χ0v) is 11.0. The molecule has 1 rings (SSSR count). The van der Waals surface area contributed by atoms with Gasteiger partial charge in [-0.3, -0.25) is 4.68 Å². The molecule has 0 aliphatic carbocycles. The Hall–Kier alpha value is -1.56. The molecule has 18 heavy (non-hydrogen) atoms. The molecule has 0 aliphatic heterocycles. The Morgan fingerprint density at radius 1 is 1.56 bits per heavy atom. The second kappa shape index (κ2) is 7.71. The molecule has 3 N–H and O–H groups in total. The van der Waals surface area contributed by atoms with E-state index < -0.39 is 0 Å². The van der Waals surface area contributed by atoms with Gasteiger partial charge in [-0.1, -0.05) is 13.3 Å². The second-order valence-electron chi connectivity index (χ2n) is 4.40. The van der Waals surface area contributed by atoms with E-state index in [1.165, 1.54) is 0 Å². The molecule has 2 amide bonds. The van der Waals surface area contributed by atoms with Crippen LogP contribution in [0.1, 0.15) is 26.2 Å². The predicted octanol–water partition coefficient (Wildman–Crippen LogP) is 1.34. The summed E-state index contributed by atoms with van der Waals surface area (Å²) in [6, 6.07) is -0.234. The van der Waals surface area contributed by atoms with Crippen LogP contribution in [-0.2, 0) is 7.05 Å². The Kier molecular flexibility index (Phi) is 6.21. The summed E-state index contributed by atoms with van der Waals surface area (Å²) in [6.45, 7) is 2.84. The van der Waals surface area contributed by atoms with Gasteiger partial charge in [-0.25, -0.2) is 4.79 Å². The van der Waals surface area contributed by atoms with Gasteiger partial charge in [0, 0.05) is 26.4 Å². The lowest BCUT2D eigenvalue weighted by molar-refractivity contribution is 0.237. The molecule has 1 aromatic rings. The summed E-state index contributed by atoms with van der Waals surface area (Å²) in [5, 5.41) is 18.4. The first kappa shape index (κ1) is 14.5. The Balaban J connectivity index is 2.30. The van der Waals surface area contributed by atoms with Gasteiger partial charge in [-0.2, -0.15) is 5.10 Å². The average molecular weight is 254 g/mol. The minimum Gasteiger partial charge on any atom is -0.396 e. The van der Waals surface area contributed by atoms with E-state index in [2.05, 4.69) is 22.7 Å². The lowest BCUT2D eigenvalue weighted by Gasteiger charge is -2.15. The molecular formula is C12H22N4O2. The summed E-state index contributed by atoms with van der Waals surface area (Å²) in [5.41, 5.74) is 0.671. The number of amides is 2. The SMILES string of the molecule is CCCC(CCO)CNC(=O)Nc1cnn(C)c1. The van der Waals surface area contributed by atoms with Crippen LogP contribution in [0.15, 0.2) is 12.4 Å². The van der Waals surface area contributed by atoms with Gasteiger partial charge in [0.2, 0.25) is 0 Å². The fraction of sp³-hybridized carbons (Fsp3) is 0.667. The predicted molar refractivity (Wildman–Crippen MR) is 70.3 cm³/mol. The van der Waals surface area contributed by atoms with E-state index in [9.17, 15) is 4.79 Å². The lowest BCUT2D eigenvalue weighted by atomic mass is 10.0. The molecule has 0 fully saturated rings. The average Bonchev–Trinajstić information content (AvgIpc) is 2.72. The summed E-state index contributed by atoms with van der Waals surface area (Å²) in [7, 11) is 1.79. The van der Waals surface area contributed by atoms with E-state index in [1.54, 1.807) is 24.1 Å². The van der Waals surface area contributed by atoms with Crippen molar-refractivity contribution in [3.8, 4) is 0 Å². The molecule has 6 heteroatoms. The van der Waals surface area contributed by atoms with Gasteiger partial charge in [0.15, 0.2) is 0 Å². The van der Waals surface area contributed by atoms with E-state index in [0.717, 1.165) is 19.3 Å². The maximum Gasteiger partial charge on any atom is 0.319 e. The maximum absolute atomic E-state index is 11.6. The number of aryl methyl sites for hydroxylation is 1. The number of aliphatic hydroxyl groups excluding tert-OH is 1. The lowest BCUT2D eigenvalue weighted by Crippen LogP contribution is -2.33. The van der Waals surface area contributed by atoms with Crippen LogP contribution < -0.4 is 10.6 Å². The third-order valence-corrected chi connectivity index (χ3v) is 2.75. The second-order valence-corrected chi connectivity index (χ2v) is 4.40. The van der Waals surface area contributed by atoms with E-state index in [4.69, 9.17) is 5.11 Å². The Bertz CT molecular complexity index is 359. The fourth-order valence-electron chi connectivity index (χ4n) is 1.84. The molecule has 102 valence electrons. The van der Waals surface area contributed by atoms with Crippen molar-refractivity contribution in [2.45, 2.75) is 26.2 Å². The number of aliphatic hydroxyl groups is 1. The standard InChI is InChI=1S/C12H22N4O2/c1-3-4-10(5-6-17)7-13-12(18)15-11-8-14-16(2)9-11/h8-10,17H,3-7H2,1-2H3,(H2,13,15,18).